The molecular formula is C18H18N4O5S. The Morgan fingerprint density at radius 2 is 1.86 bits per heavy atom. The van der Waals surface area contributed by atoms with E-state index in [0.29, 0.717) is 11.4 Å². The second kappa shape index (κ2) is 7.49. The molecule has 1 aromatic heterocycles. The van der Waals surface area contributed by atoms with E-state index in [1.807, 2.05) is 31.2 Å². The zero-order chi connectivity index (χ0) is 20.5. The van der Waals surface area contributed by atoms with Crippen molar-refractivity contribution in [2.75, 3.05) is 7.05 Å². The average Bonchev–Trinajstić information content (AvgIpc) is 3.10. The van der Waals surface area contributed by atoms with Crippen molar-refractivity contribution >= 4 is 15.7 Å². The van der Waals surface area contributed by atoms with Crippen molar-refractivity contribution in [3.8, 4) is 11.4 Å². The van der Waals surface area contributed by atoms with Crippen LogP contribution in [0.2, 0.25) is 0 Å². The highest BCUT2D eigenvalue weighted by Crippen LogP contribution is 2.25. The molecule has 0 amide bonds. The molecule has 9 nitrogen and oxygen atoms in total. The molecule has 0 bridgehead atoms. The molecule has 1 heterocycles. The van der Waals surface area contributed by atoms with Gasteiger partial charge in [0.05, 0.1) is 16.4 Å². The van der Waals surface area contributed by atoms with Gasteiger partial charge in [-0.05, 0) is 25.0 Å². The second-order valence-electron chi connectivity index (χ2n) is 6.29. The lowest BCUT2D eigenvalue weighted by Gasteiger charge is -2.16. The van der Waals surface area contributed by atoms with Gasteiger partial charge in [-0.2, -0.15) is 9.29 Å². The molecule has 3 rings (SSSR count). The Morgan fingerprint density at radius 3 is 2.54 bits per heavy atom. The predicted octanol–water partition coefficient (Wildman–Crippen LogP) is 3.08. The van der Waals surface area contributed by atoms with Crippen LogP contribution >= 0.6 is 0 Å². The molecule has 2 aromatic carbocycles. The maximum Gasteiger partial charge on any atom is 0.270 e. The van der Waals surface area contributed by atoms with Crippen molar-refractivity contribution in [1.29, 1.82) is 0 Å². The quantitative estimate of drug-likeness (QED) is 0.459. The number of benzene rings is 2. The summed E-state index contributed by atoms with van der Waals surface area (Å²) in [6.45, 7) is 3.32. The van der Waals surface area contributed by atoms with Crippen molar-refractivity contribution in [2.24, 2.45) is 0 Å². The van der Waals surface area contributed by atoms with Crippen molar-refractivity contribution in [3.63, 3.8) is 0 Å². The molecule has 0 fully saturated rings. The van der Waals surface area contributed by atoms with Gasteiger partial charge in [-0.1, -0.05) is 35.5 Å². The summed E-state index contributed by atoms with van der Waals surface area (Å²) in [6, 6.07) is 11.2. The Hall–Kier alpha value is -3.11. The first-order valence-electron chi connectivity index (χ1n) is 8.30. The lowest BCUT2D eigenvalue weighted by atomic mass is 10.1. The van der Waals surface area contributed by atoms with Crippen molar-refractivity contribution in [2.45, 2.75) is 25.3 Å². The molecule has 0 saturated carbocycles. The van der Waals surface area contributed by atoms with E-state index >= 15 is 0 Å². The normalized spacial score (nSPS) is 11.7. The first-order chi connectivity index (χ1) is 13.2. The van der Waals surface area contributed by atoms with Gasteiger partial charge in [-0.25, -0.2) is 8.42 Å². The number of hydrogen-bond acceptors (Lipinski definition) is 7. The fraction of sp³-hybridized carbons (Fsp3) is 0.222. The highest BCUT2D eigenvalue weighted by molar-refractivity contribution is 7.89. The fourth-order valence-corrected chi connectivity index (χ4v) is 4.04. The van der Waals surface area contributed by atoms with Crippen LogP contribution in [0.15, 0.2) is 51.9 Å². The van der Waals surface area contributed by atoms with Crippen LogP contribution in [0.5, 0.6) is 0 Å². The van der Waals surface area contributed by atoms with Crippen molar-refractivity contribution in [1.82, 2.24) is 14.4 Å². The SMILES string of the molecule is Cc1ccccc1-c1noc(CN(C)S(=O)(=O)c2cc([N+](=O)[O-])ccc2C)n1. The molecule has 10 heteroatoms. The van der Waals surface area contributed by atoms with E-state index in [1.165, 1.54) is 19.2 Å². The number of non-ortho nitro benzene ring substituents is 1. The Morgan fingerprint density at radius 1 is 1.14 bits per heavy atom. The zero-order valence-corrected chi connectivity index (χ0v) is 16.3. The van der Waals surface area contributed by atoms with Crippen LogP contribution in [0.25, 0.3) is 11.4 Å². The topological polar surface area (TPSA) is 119 Å². The fourth-order valence-electron chi connectivity index (χ4n) is 2.68. The number of aryl methyl sites for hydroxylation is 2. The summed E-state index contributed by atoms with van der Waals surface area (Å²) in [7, 11) is -2.63. The van der Waals surface area contributed by atoms with E-state index < -0.39 is 14.9 Å². The molecule has 3 aromatic rings. The third-order valence-corrected chi connectivity index (χ3v) is 6.23. The third-order valence-electron chi connectivity index (χ3n) is 4.28. The maximum absolute atomic E-state index is 12.9. The Balaban J connectivity index is 1.87. The molecule has 0 aliphatic rings. The van der Waals surface area contributed by atoms with Gasteiger partial charge in [0.25, 0.3) is 5.69 Å². The second-order valence-corrected chi connectivity index (χ2v) is 8.31. The van der Waals surface area contributed by atoms with Gasteiger partial charge >= 0.3 is 0 Å². The number of nitro groups is 1. The van der Waals surface area contributed by atoms with Crippen LogP contribution in [0, 0.1) is 24.0 Å². The molecule has 146 valence electrons. The molecule has 0 N–H and O–H groups in total. The third kappa shape index (κ3) is 3.78. The Kier molecular flexibility index (Phi) is 5.25. The molecule has 0 saturated heterocycles. The van der Waals surface area contributed by atoms with Gasteiger partial charge in [0, 0.05) is 24.7 Å². The molecule has 28 heavy (non-hydrogen) atoms. The van der Waals surface area contributed by atoms with Crippen molar-refractivity contribution in [3.05, 3.63) is 69.6 Å². The summed E-state index contributed by atoms with van der Waals surface area (Å²) < 4.78 is 32.0. The molecular weight excluding hydrogens is 384 g/mol. The number of sulfonamides is 1. The Labute approximate surface area is 161 Å². The van der Waals surface area contributed by atoms with Gasteiger partial charge in [0.1, 0.15) is 0 Å². The summed E-state index contributed by atoms with van der Waals surface area (Å²) in [5.74, 6) is 0.484. The average molecular weight is 402 g/mol. The van der Waals surface area contributed by atoms with E-state index in [4.69, 9.17) is 4.52 Å². The number of nitrogens with zero attached hydrogens (tertiary/aromatic N) is 4. The molecule has 0 unspecified atom stereocenters. The minimum absolute atomic E-state index is 0.118. The van der Waals surface area contributed by atoms with Crippen LogP contribution < -0.4 is 0 Å². The van der Waals surface area contributed by atoms with Crippen LogP contribution in [-0.4, -0.2) is 34.8 Å². The number of hydrogen-bond donors (Lipinski definition) is 0. The number of aromatic nitrogens is 2. The molecule has 0 spiro atoms. The Bertz CT molecular complexity index is 1140. The first kappa shape index (κ1) is 19.6. The highest BCUT2D eigenvalue weighted by Gasteiger charge is 2.27. The van der Waals surface area contributed by atoms with Gasteiger partial charge in [0.15, 0.2) is 0 Å². The number of rotatable bonds is 6. The zero-order valence-electron chi connectivity index (χ0n) is 15.5. The van der Waals surface area contributed by atoms with Crippen molar-refractivity contribution < 1.29 is 17.9 Å². The van der Waals surface area contributed by atoms with E-state index in [9.17, 15) is 18.5 Å². The van der Waals surface area contributed by atoms with E-state index in [0.717, 1.165) is 21.5 Å². The van der Waals surface area contributed by atoms with Crippen LogP contribution in [0.4, 0.5) is 5.69 Å². The van der Waals surface area contributed by atoms with Gasteiger partial charge in [-0.15, -0.1) is 0 Å². The molecule has 0 aliphatic carbocycles. The van der Waals surface area contributed by atoms with Gasteiger partial charge in [-0.3, -0.25) is 10.1 Å². The van der Waals surface area contributed by atoms with E-state index in [-0.39, 0.29) is 23.0 Å². The van der Waals surface area contributed by atoms with Crippen LogP contribution in [0.3, 0.4) is 0 Å². The molecule has 0 atom stereocenters. The minimum Gasteiger partial charge on any atom is -0.338 e. The van der Waals surface area contributed by atoms with E-state index in [2.05, 4.69) is 10.1 Å². The standard InChI is InChI=1S/C18H18N4O5S/c1-12-6-4-5-7-15(12)18-19-17(27-20-18)11-21(3)28(25,26)16-10-14(22(23)24)9-8-13(16)2/h4-10H,11H2,1-3H3. The molecule has 0 radical (unpaired) electrons. The first-order valence-corrected chi connectivity index (χ1v) is 9.74. The van der Waals surface area contributed by atoms with Crippen LogP contribution in [0.1, 0.15) is 17.0 Å². The largest absolute Gasteiger partial charge is 0.338 e. The molecule has 0 aliphatic heterocycles. The summed E-state index contributed by atoms with van der Waals surface area (Å²) in [4.78, 5) is 14.5. The monoisotopic (exact) mass is 402 g/mol. The van der Waals surface area contributed by atoms with Crippen LogP contribution in [-0.2, 0) is 16.6 Å². The minimum atomic E-state index is -3.99. The smallest absolute Gasteiger partial charge is 0.270 e. The number of nitro benzene ring substituents is 1. The lowest BCUT2D eigenvalue weighted by Crippen LogP contribution is -2.27. The highest BCUT2D eigenvalue weighted by atomic mass is 32.2. The summed E-state index contributed by atoms with van der Waals surface area (Å²) in [5.41, 5.74) is 1.86. The summed E-state index contributed by atoms with van der Waals surface area (Å²) in [5, 5.41) is 14.9. The predicted molar refractivity (Wildman–Crippen MR) is 101 cm³/mol. The summed E-state index contributed by atoms with van der Waals surface area (Å²) >= 11 is 0. The van der Waals surface area contributed by atoms with Gasteiger partial charge in [0.2, 0.25) is 21.7 Å². The van der Waals surface area contributed by atoms with E-state index in [1.54, 1.807) is 6.92 Å². The van der Waals surface area contributed by atoms with Gasteiger partial charge < -0.3 is 4.52 Å². The lowest BCUT2D eigenvalue weighted by molar-refractivity contribution is -0.385. The summed E-state index contributed by atoms with van der Waals surface area (Å²) in [6.07, 6.45) is 0. The maximum atomic E-state index is 12.9.